The van der Waals surface area contributed by atoms with Gasteiger partial charge in [-0.2, -0.15) is 0 Å². The van der Waals surface area contributed by atoms with Gasteiger partial charge < -0.3 is 19.8 Å². The van der Waals surface area contributed by atoms with Crippen LogP contribution in [0.4, 0.5) is 10.5 Å². The van der Waals surface area contributed by atoms with Gasteiger partial charge in [0.2, 0.25) is 0 Å². The van der Waals surface area contributed by atoms with E-state index in [2.05, 4.69) is 10.3 Å². The minimum atomic E-state index is -0.463. The smallest absolute Gasteiger partial charge is 0.341 e. The molecule has 0 radical (unpaired) electrons. The highest BCUT2D eigenvalue weighted by molar-refractivity contribution is 6.18. The summed E-state index contributed by atoms with van der Waals surface area (Å²) in [7, 11) is 1.59. The molecule has 4 rings (SSSR count). The van der Waals surface area contributed by atoms with Gasteiger partial charge in [0.1, 0.15) is 5.75 Å². The molecule has 0 saturated carbocycles. The van der Waals surface area contributed by atoms with Crippen LogP contribution in [0.3, 0.4) is 0 Å². The fourth-order valence-electron chi connectivity index (χ4n) is 3.60. The van der Waals surface area contributed by atoms with Gasteiger partial charge in [-0.25, -0.2) is 9.59 Å². The number of nitrogens with zero attached hydrogens (tertiary/aromatic N) is 1. The number of carbonyl (C=O) groups is 2. The van der Waals surface area contributed by atoms with Crippen LogP contribution >= 0.6 is 0 Å². The van der Waals surface area contributed by atoms with Crippen LogP contribution in [0.25, 0.3) is 16.5 Å². The van der Waals surface area contributed by atoms with E-state index in [1.54, 1.807) is 44.5 Å². The summed E-state index contributed by atoms with van der Waals surface area (Å²) in [5.41, 5.74) is 3.64. The van der Waals surface area contributed by atoms with E-state index in [4.69, 9.17) is 9.47 Å². The van der Waals surface area contributed by atoms with E-state index in [-0.39, 0.29) is 12.6 Å². The SMILES string of the molecule is CCOC(=O)C1=CN(C(=O)Nc2ccc(OC)cc2)CCc2c1[nH]c1ccccc21. The Kier molecular flexibility index (Phi) is 5.43. The van der Waals surface area contributed by atoms with E-state index in [0.717, 1.165) is 16.5 Å². The molecule has 1 aromatic heterocycles. The topological polar surface area (TPSA) is 83.7 Å². The van der Waals surface area contributed by atoms with Crippen LogP contribution in [0.1, 0.15) is 18.2 Å². The van der Waals surface area contributed by atoms with Gasteiger partial charge in [0.15, 0.2) is 0 Å². The van der Waals surface area contributed by atoms with Crippen molar-refractivity contribution in [3.63, 3.8) is 0 Å². The summed E-state index contributed by atoms with van der Waals surface area (Å²) in [6.07, 6.45) is 2.17. The van der Waals surface area contributed by atoms with E-state index >= 15 is 0 Å². The summed E-state index contributed by atoms with van der Waals surface area (Å²) in [6.45, 7) is 2.44. The van der Waals surface area contributed by atoms with Crippen LogP contribution in [0, 0.1) is 0 Å². The molecule has 1 aliphatic heterocycles. The molecule has 0 spiro atoms. The van der Waals surface area contributed by atoms with Crippen molar-refractivity contribution >= 4 is 34.2 Å². The lowest BCUT2D eigenvalue weighted by atomic mass is 10.0. The van der Waals surface area contributed by atoms with Gasteiger partial charge in [-0.3, -0.25) is 4.90 Å². The lowest BCUT2D eigenvalue weighted by molar-refractivity contribution is -0.136. The lowest BCUT2D eigenvalue weighted by Gasteiger charge is -2.18. The lowest BCUT2D eigenvalue weighted by Crippen LogP contribution is -2.32. The Bertz CT molecular complexity index is 1120. The summed E-state index contributed by atoms with van der Waals surface area (Å²) >= 11 is 0. The minimum Gasteiger partial charge on any atom is -0.497 e. The van der Waals surface area contributed by atoms with Gasteiger partial charge in [-0.1, -0.05) is 18.2 Å². The van der Waals surface area contributed by atoms with Crippen molar-refractivity contribution in [1.29, 1.82) is 0 Å². The number of aromatic amines is 1. The number of hydrogen-bond acceptors (Lipinski definition) is 4. The van der Waals surface area contributed by atoms with Crippen LogP contribution in [-0.2, 0) is 16.0 Å². The number of hydrogen-bond donors (Lipinski definition) is 2. The number of carbonyl (C=O) groups excluding carboxylic acids is 2. The van der Waals surface area contributed by atoms with Crippen molar-refractivity contribution in [2.75, 3.05) is 25.6 Å². The zero-order valence-corrected chi connectivity index (χ0v) is 16.9. The molecule has 0 fully saturated rings. The number of rotatable bonds is 4. The molecule has 0 atom stereocenters. The summed E-state index contributed by atoms with van der Waals surface area (Å²) in [6, 6.07) is 14.6. The van der Waals surface area contributed by atoms with Crippen LogP contribution in [0.2, 0.25) is 0 Å². The number of aromatic nitrogens is 1. The van der Waals surface area contributed by atoms with Crippen molar-refractivity contribution < 1.29 is 19.1 Å². The number of esters is 1. The van der Waals surface area contributed by atoms with E-state index < -0.39 is 5.97 Å². The van der Waals surface area contributed by atoms with Crippen LogP contribution in [0.15, 0.2) is 54.7 Å². The molecule has 3 aromatic rings. The van der Waals surface area contributed by atoms with E-state index in [9.17, 15) is 9.59 Å². The Hall–Kier alpha value is -3.74. The number of H-pyrrole nitrogens is 1. The summed E-state index contributed by atoms with van der Waals surface area (Å²) in [5, 5.41) is 3.90. The third-order valence-electron chi connectivity index (χ3n) is 5.07. The van der Waals surface area contributed by atoms with E-state index in [0.29, 0.717) is 35.7 Å². The highest BCUT2D eigenvalue weighted by atomic mass is 16.5. The molecule has 2 heterocycles. The molecule has 1 aliphatic rings. The van der Waals surface area contributed by atoms with Crippen LogP contribution < -0.4 is 10.1 Å². The Morgan fingerprint density at radius 3 is 2.63 bits per heavy atom. The minimum absolute atomic E-state index is 0.254. The Balaban J connectivity index is 1.66. The maximum absolute atomic E-state index is 12.9. The second-order valence-electron chi connectivity index (χ2n) is 6.89. The molecule has 2 N–H and O–H groups in total. The maximum Gasteiger partial charge on any atom is 0.341 e. The van der Waals surface area contributed by atoms with Gasteiger partial charge in [0, 0.05) is 29.3 Å². The normalized spacial score (nSPS) is 13.3. The first-order valence-corrected chi connectivity index (χ1v) is 9.81. The monoisotopic (exact) mass is 405 g/mol. The summed E-state index contributed by atoms with van der Waals surface area (Å²) in [4.78, 5) is 30.5. The Labute approximate surface area is 174 Å². The zero-order valence-electron chi connectivity index (χ0n) is 16.9. The third kappa shape index (κ3) is 3.74. The number of nitrogens with one attached hydrogen (secondary N) is 2. The predicted octanol–water partition coefficient (Wildman–Crippen LogP) is 4.17. The largest absolute Gasteiger partial charge is 0.497 e. The fourth-order valence-corrected chi connectivity index (χ4v) is 3.60. The maximum atomic E-state index is 12.9. The number of fused-ring (bicyclic) bond motifs is 3. The number of amides is 2. The Morgan fingerprint density at radius 2 is 1.90 bits per heavy atom. The number of methoxy groups -OCH3 is 1. The zero-order chi connectivity index (χ0) is 21.1. The van der Waals surface area contributed by atoms with Crippen molar-refractivity contribution in [3.8, 4) is 5.75 Å². The van der Waals surface area contributed by atoms with Gasteiger partial charge in [0.05, 0.1) is 25.0 Å². The second-order valence-corrected chi connectivity index (χ2v) is 6.89. The molecule has 0 bridgehead atoms. The van der Waals surface area contributed by atoms with Crippen molar-refractivity contribution in [2.45, 2.75) is 13.3 Å². The third-order valence-corrected chi connectivity index (χ3v) is 5.07. The average molecular weight is 405 g/mol. The number of urea groups is 1. The Morgan fingerprint density at radius 1 is 1.13 bits per heavy atom. The van der Waals surface area contributed by atoms with E-state index in [1.165, 1.54) is 4.90 Å². The van der Waals surface area contributed by atoms with Gasteiger partial charge >= 0.3 is 12.0 Å². The second kappa shape index (κ2) is 8.32. The van der Waals surface area contributed by atoms with Crippen LogP contribution in [-0.4, -0.2) is 42.1 Å². The first kappa shape index (κ1) is 19.6. The molecule has 2 amide bonds. The van der Waals surface area contributed by atoms with E-state index in [1.807, 2.05) is 24.3 Å². The van der Waals surface area contributed by atoms with Crippen LogP contribution in [0.5, 0.6) is 5.75 Å². The molecule has 0 unspecified atom stereocenters. The first-order chi connectivity index (χ1) is 14.6. The quantitative estimate of drug-likeness (QED) is 0.638. The average Bonchev–Trinajstić information content (AvgIpc) is 3.01. The molecule has 7 nitrogen and oxygen atoms in total. The summed E-state index contributed by atoms with van der Waals surface area (Å²) in [5.74, 6) is 0.243. The number of ether oxygens (including phenoxy) is 2. The van der Waals surface area contributed by atoms with Crippen molar-refractivity contribution in [2.24, 2.45) is 0 Å². The molecular formula is C23H23N3O4. The molecule has 0 aliphatic carbocycles. The molecule has 2 aromatic carbocycles. The molecule has 154 valence electrons. The summed E-state index contributed by atoms with van der Waals surface area (Å²) < 4.78 is 10.4. The van der Waals surface area contributed by atoms with Gasteiger partial charge in [-0.15, -0.1) is 0 Å². The highest BCUT2D eigenvalue weighted by Gasteiger charge is 2.27. The molecular weight excluding hydrogens is 382 g/mol. The van der Waals surface area contributed by atoms with Gasteiger partial charge in [0.25, 0.3) is 0 Å². The highest BCUT2D eigenvalue weighted by Crippen LogP contribution is 2.31. The van der Waals surface area contributed by atoms with Crippen molar-refractivity contribution in [1.82, 2.24) is 9.88 Å². The number of anilines is 1. The standard InChI is InChI=1S/C23H23N3O4/c1-3-30-22(27)19-14-26(23(28)24-15-8-10-16(29-2)11-9-15)13-12-18-17-6-4-5-7-20(17)25-21(18)19/h4-11,14,25H,3,12-13H2,1-2H3,(H,24,28). The first-order valence-electron chi connectivity index (χ1n) is 9.81. The molecule has 30 heavy (non-hydrogen) atoms. The number of benzene rings is 2. The molecule has 7 heteroatoms. The van der Waals surface area contributed by atoms with Crippen molar-refractivity contribution in [3.05, 3.63) is 66.0 Å². The molecule has 0 saturated heterocycles. The predicted molar refractivity (Wildman–Crippen MR) is 115 cm³/mol. The number of para-hydroxylation sites is 1. The van der Waals surface area contributed by atoms with Gasteiger partial charge in [-0.05, 0) is 49.2 Å². The fraction of sp³-hybridized carbons (Fsp3) is 0.217.